The first-order valence-corrected chi connectivity index (χ1v) is 10.2. The summed E-state index contributed by atoms with van der Waals surface area (Å²) >= 11 is 0. The van der Waals surface area contributed by atoms with Gasteiger partial charge in [-0.05, 0) is 36.7 Å². The average molecular weight is 373 g/mol. The van der Waals surface area contributed by atoms with Crippen LogP contribution in [0.5, 0.6) is 0 Å². The van der Waals surface area contributed by atoms with Crippen LogP contribution in [0.4, 0.5) is 0 Å². The highest BCUT2D eigenvalue weighted by Gasteiger charge is 2.40. The number of amides is 2. The Balaban J connectivity index is 1.48. The van der Waals surface area contributed by atoms with Crippen molar-refractivity contribution in [1.29, 1.82) is 0 Å². The standard InChI is InChI=1S/C22H32N2O3/c1-17(2)10-13-24-20-11-12-23(14-19(20)8-9-21(24)25)22(26)16-27-15-18-6-4-3-5-7-18/h3-7,17,19-20H,8-16H2,1-2H3/t19-,20+/m0/s1. The van der Waals surface area contributed by atoms with Crippen molar-refractivity contribution in [1.82, 2.24) is 9.80 Å². The van der Waals surface area contributed by atoms with E-state index >= 15 is 0 Å². The van der Waals surface area contributed by atoms with E-state index in [1.807, 2.05) is 35.2 Å². The number of hydrogen-bond acceptors (Lipinski definition) is 3. The van der Waals surface area contributed by atoms with Crippen molar-refractivity contribution in [2.45, 2.75) is 52.2 Å². The highest BCUT2D eigenvalue weighted by atomic mass is 16.5. The summed E-state index contributed by atoms with van der Waals surface area (Å²) in [5, 5.41) is 0. The predicted molar refractivity (Wildman–Crippen MR) is 105 cm³/mol. The molecule has 0 bridgehead atoms. The van der Waals surface area contributed by atoms with E-state index < -0.39 is 0 Å². The van der Waals surface area contributed by atoms with Crippen LogP contribution in [0, 0.1) is 11.8 Å². The Morgan fingerprint density at radius 2 is 2.00 bits per heavy atom. The van der Waals surface area contributed by atoms with Crippen LogP contribution < -0.4 is 0 Å². The van der Waals surface area contributed by atoms with Crippen molar-refractivity contribution in [3.05, 3.63) is 35.9 Å². The van der Waals surface area contributed by atoms with Crippen molar-refractivity contribution in [2.24, 2.45) is 11.8 Å². The van der Waals surface area contributed by atoms with E-state index in [4.69, 9.17) is 4.74 Å². The van der Waals surface area contributed by atoms with Gasteiger partial charge in [-0.2, -0.15) is 0 Å². The average Bonchev–Trinajstić information content (AvgIpc) is 2.67. The molecule has 0 radical (unpaired) electrons. The first-order chi connectivity index (χ1) is 13.0. The zero-order valence-electron chi connectivity index (χ0n) is 16.6. The molecule has 5 nitrogen and oxygen atoms in total. The molecule has 0 saturated carbocycles. The van der Waals surface area contributed by atoms with Crippen molar-refractivity contribution in [3.63, 3.8) is 0 Å². The van der Waals surface area contributed by atoms with E-state index in [1.165, 1.54) is 0 Å². The third kappa shape index (κ3) is 5.32. The largest absolute Gasteiger partial charge is 0.367 e. The Morgan fingerprint density at radius 1 is 1.22 bits per heavy atom. The lowest BCUT2D eigenvalue weighted by Crippen LogP contribution is -2.57. The molecule has 2 aliphatic rings. The predicted octanol–water partition coefficient (Wildman–Crippen LogP) is 3.09. The minimum Gasteiger partial charge on any atom is -0.367 e. The van der Waals surface area contributed by atoms with Gasteiger partial charge >= 0.3 is 0 Å². The quantitative estimate of drug-likeness (QED) is 0.739. The summed E-state index contributed by atoms with van der Waals surface area (Å²) in [5.74, 6) is 1.36. The van der Waals surface area contributed by atoms with Gasteiger partial charge in [0.05, 0.1) is 6.61 Å². The highest BCUT2D eigenvalue weighted by molar-refractivity contribution is 5.79. The Kier molecular flexibility index (Phi) is 6.89. The Labute approximate surface area is 162 Å². The van der Waals surface area contributed by atoms with Gasteiger partial charge in [0.2, 0.25) is 11.8 Å². The Hall–Kier alpha value is -1.88. The molecule has 27 heavy (non-hydrogen) atoms. The molecule has 1 aromatic carbocycles. The van der Waals surface area contributed by atoms with E-state index in [-0.39, 0.29) is 12.5 Å². The molecule has 0 N–H and O–H groups in total. The number of ether oxygens (including phenoxy) is 1. The third-order valence-corrected chi connectivity index (χ3v) is 5.78. The van der Waals surface area contributed by atoms with E-state index in [9.17, 15) is 9.59 Å². The van der Waals surface area contributed by atoms with Crippen LogP contribution in [0.1, 0.15) is 45.1 Å². The van der Waals surface area contributed by atoms with Gasteiger partial charge in [-0.3, -0.25) is 9.59 Å². The lowest BCUT2D eigenvalue weighted by molar-refractivity contribution is -0.146. The number of benzene rings is 1. The molecule has 2 saturated heterocycles. The maximum atomic E-state index is 12.5. The van der Waals surface area contributed by atoms with Gasteiger partial charge in [0.1, 0.15) is 6.61 Å². The second-order valence-corrected chi connectivity index (χ2v) is 8.24. The number of rotatable bonds is 7. The van der Waals surface area contributed by atoms with Crippen molar-refractivity contribution in [2.75, 3.05) is 26.2 Å². The Morgan fingerprint density at radius 3 is 2.74 bits per heavy atom. The minimum atomic E-state index is 0.0648. The van der Waals surface area contributed by atoms with E-state index in [0.717, 1.165) is 44.5 Å². The van der Waals surface area contributed by atoms with Crippen molar-refractivity contribution in [3.8, 4) is 0 Å². The zero-order chi connectivity index (χ0) is 19.2. The van der Waals surface area contributed by atoms with Crippen LogP contribution in [0.2, 0.25) is 0 Å². The van der Waals surface area contributed by atoms with Gasteiger partial charge < -0.3 is 14.5 Å². The summed E-state index contributed by atoms with van der Waals surface area (Å²) in [6.07, 6.45) is 3.45. The molecule has 2 fully saturated rings. The van der Waals surface area contributed by atoms with Gasteiger partial charge in [0.15, 0.2) is 0 Å². The number of likely N-dealkylation sites (tertiary alicyclic amines) is 2. The molecule has 0 aliphatic carbocycles. The monoisotopic (exact) mass is 372 g/mol. The number of piperidine rings is 2. The number of carbonyl (C=O) groups excluding carboxylic acids is 2. The third-order valence-electron chi connectivity index (χ3n) is 5.78. The molecular weight excluding hydrogens is 340 g/mol. The van der Waals surface area contributed by atoms with Crippen LogP contribution in [0.25, 0.3) is 0 Å². The zero-order valence-corrected chi connectivity index (χ0v) is 16.6. The van der Waals surface area contributed by atoms with E-state index in [2.05, 4.69) is 18.7 Å². The second-order valence-electron chi connectivity index (χ2n) is 8.24. The number of hydrogen-bond donors (Lipinski definition) is 0. The first kappa shape index (κ1) is 19.9. The fourth-order valence-electron chi connectivity index (χ4n) is 4.19. The first-order valence-electron chi connectivity index (χ1n) is 10.2. The molecule has 2 heterocycles. The van der Waals surface area contributed by atoms with E-state index in [0.29, 0.717) is 36.8 Å². The number of nitrogens with zero attached hydrogens (tertiary/aromatic N) is 2. The summed E-state index contributed by atoms with van der Waals surface area (Å²) in [6, 6.07) is 10.2. The number of fused-ring (bicyclic) bond motifs is 1. The summed E-state index contributed by atoms with van der Waals surface area (Å²) in [7, 11) is 0. The van der Waals surface area contributed by atoms with Crippen molar-refractivity contribution >= 4 is 11.8 Å². The SMILES string of the molecule is CC(C)CCN1C(=O)CC[C@H]2CN(C(=O)COCc3ccccc3)CC[C@H]21. The van der Waals surface area contributed by atoms with Crippen molar-refractivity contribution < 1.29 is 14.3 Å². The molecule has 2 amide bonds. The molecule has 2 aliphatic heterocycles. The van der Waals surface area contributed by atoms with Gasteiger partial charge in [-0.25, -0.2) is 0 Å². The summed E-state index contributed by atoms with van der Waals surface area (Å²) in [6.45, 7) is 7.31. The van der Waals surface area contributed by atoms with Crippen LogP contribution in [0.15, 0.2) is 30.3 Å². The highest BCUT2D eigenvalue weighted by Crippen LogP contribution is 2.31. The van der Waals surface area contributed by atoms with Crippen LogP contribution in [-0.4, -0.2) is 53.9 Å². The lowest BCUT2D eigenvalue weighted by Gasteiger charge is -2.47. The van der Waals surface area contributed by atoms with Crippen LogP contribution >= 0.6 is 0 Å². The molecule has 148 valence electrons. The molecule has 0 spiro atoms. The van der Waals surface area contributed by atoms with Gasteiger partial charge in [0, 0.05) is 32.1 Å². The summed E-state index contributed by atoms with van der Waals surface area (Å²) in [5.41, 5.74) is 1.08. The number of carbonyl (C=O) groups is 2. The Bertz CT molecular complexity index is 632. The molecule has 1 aromatic rings. The minimum absolute atomic E-state index is 0.0648. The second kappa shape index (κ2) is 9.36. The van der Waals surface area contributed by atoms with Gasteiger partial charge in [0.25, 0.3) is 0 Å². The topological polar surface area (TPSA) is 49.9 Å². The maximum Gasteiger partial charge on any atom is 0.248 e. The smallest absolute Gasteiger partial charge is 0.248 e. The summed E-state index contributed by atoms with van der Waals surface area (Å²) < 4.78 is 5.62. The molecular formula is C22H32N2O3. The van der Waals surface area contributed by atoms with Gasteiger partial charge in [-0.1, -0.05) is 44.2 Å². The fraction of sp³-hybridized carbons (Fsp3) is 0.636. The van der Waals surface area contributed by atoms with Crippen LogP contribution in [0.3, 0.4) is 0 Å². The van der Waals surface area contributed by atoms with Crippen LogP contribution in [-0.2, 0) is 20.9 Å². The molecule has 3 rings (SSSR count). The lowest BCUT2D eigenvalue weighted by atomic mass is 9.83. The normalized spacial score (nSPS) is 22.9. The fourth-order valence-corrected chi connectivity index (χ4v) is 4.19. The maximum absolute atomic E-state index is 12.5. The molecule has 0 unspecified atom stereocenters. The molecule has 0 aromatic heterocycles. The molecule has 2 atom stereocenters. The van der Waals surface area contributed by atoms with Gasteiger partial charge in [-0.15, -0.1) is 0 Å². The summed E-state index contributed by atoms with van der Waals surface area (Å²) in [4.78, 5) is 29.0. The molecule has 5 heteroatoms. The van der Waals surface area contributed by atoms with E-state index in [1.54, 1.807) is 0 Å².